The second-order valence-corrected chi connectivity index (χ2v) is 5.62. The molecule has 1 saturated heterocycles. The molecule has 1 aliphatic rings. The molecule has 0 spiro atoms. The minimum absolute atomic E-state index is 0.290. The van der Waals surface area contributed by atoms with E-state index >= 15 is 0 Å². The lowest BCUT2D eigenvalue weighted by Crippen LogP contribution is -2.29. The number of amides is 1. The average Bonchev–Trinajstić information content (AvgIpc) is 2.69. The van der Waals surface area contributed by atoms with Gasteiger partial charge in [-0.1, -0.05) is 37.3 Å². The number of nitrogens with two attached hydrogens (primary N) is 1. The summed E-state index contributed by atoms with van der Waals surface area (Å²) in [6.45, 7) is 4.18. The molecule has 1 aromatic carbocycles. The second kappa shape index (κ2) is 7.85. The van der Waals surface area contributed by atoms with Crippen molar-refractivity contribution in [1.82, 2.24) is 4.90 Å². The predicted octanol–water partition coefficient (Wildman–Crippen LogP) is 2.54. The van der Waals surface area contributed by atoms with Gasteiger partial charge in [0.2, 0.25) is 5.91 Å². The monoisotopic (exact) mass is 284 g/mol. The Morgan fingerprint density at radius 2 is 2.05 bits per heavy atom. The zero-order valence-electron chi connectivity index (χ0n) is 12.8. The number of carbonyl (C=O) groups is 1. The Hall–Kier alpha value is -1.79. The highest BCUT2D eigenvalue weighted by molar-refractivity contribution is 5.76. The van der Waals surface area contributed by atoms with Gasteiger partial charge in [-0.3, -0.25) is 4.79 Å². The molecular formula is C18H24N2O. The number of hydrogen-bond acceptors (Lipinski definition) is 2. The molecule has 1 aliphatic heterocycles. The van der Waals surface area contributed by atoms with Crippen LogP contribution in [0.15, 0.2) is 24.3 Å². The fourth-order valence-electron chi connectivity index (χ4n) is 2.74. The standard InChI is InChI=1S/C18H24N2O/c1-2-15-9-10-18(21)20(13-11-15)14-17-7-5-16(6-8-17)4-3-12-19/h5-8,15H,2,9-14,19H2,1H3. The lowest BCUT2D eigenvalue weighted by atomic mass is 9.98. The quantitative estimate of drug-likeness (QED) is 0.867. The molecule has 21 heavy (non-hydrogen) atoms. The van der Waals surface area contributed by atoms with Gasteiger partial charge in [0.15, 0.2) is 0 Å². The highest BCUT2D eigenvalue weighted by Gasteiger charge is 2.21. The summed E-state index contributed by atoms with van der Waals surface area (Å²) in [5.74, 6) is 6.85. The molecule has 1 amide bonds. The molecule has 3 nitrogen and oxygen atoms in total. The summed E-state index contributed by atoms with van der Waals surface area (Å²) in [5.41, 5.74) is 7.50. The Labute approximate surface area is 127 Å². The Bertz CT molecular complexity index is 524. The first-order valence-corrected chi connectivity index (χ1v) is 7.78. The summed E-state index contributed by atoms with van der Waals surface area (Å²) < 4.78 is 0. The van der Waals surface area contributed by atoms with Crippen LogP contribution in [-0.4, -0.2) is 23.9 Å². The Morgan fingerprint density at radius 3 is 2.71 bits per heavy atom. The summed E-state index contributed by atoms with van der Waals surface area (Å²) in [5, 5.41) is 0. The van der Waals surface area contributed by atoms with E-state index in [0.29, 0.717) is 25.4 Å². The van der Waals surface area contributed by atoms with Gasteiger partial charge >= 0.3 is 0 Å². The Morgan fingerprint density at radius 1 is 1.29 bits per heavy atom. The van der Waals surface area contributed by atoms with Crippen molar-refractivity contribution in [3.8, 4) is 11.8 Å². The van der Waals surface area contributed by atoms with Crippen LogP contribution in [0, 0.1) is 17.8 Å². The van der Waals surface area contributed by atoms with E-state index in [2.05, 4.69) is 30.9 Å². The van der Waals surface area contributed by atoms with Crippen molar-refractivity contribution in [2.24, 2.45) is 11.7 Å². The highest BCUT2D eigenvalue weighted by Crippen LogP contribution is 2.22. The van der Waals surface area contributed by atoms with E-state index < -0.39 is 0 Å². The minimum atomic E-state index is 0.290. The van der Waals surface area contributed by atoms with Gasteiger partial charge in [-0.25, -0.2) is 0 Å². The van der Waals surface area contributed by atoms with Crippen molar-refractivity contribution in [2.75, 3.05) is 13.1 Å². The van der Waals surface area contributed by atoms with Gasteiger partial charge in [0, 0.05) is 25.1 Å². The molecule has 0 bridgehead atoms. The maximum atomic E-state index is 12.2. The van der Waals surface area contributed by atoms with Crippen LogP contribution in [0.4, 0.5) is 0 Å². The minimum Gasteiger partial charge on any atom is -0.338 e. The largest absolute Gasteiger partial charge is 0.338 e. The first kappa shape index (κ1) is 15.6. The molecule has 1 unspecified atom stereocenters. The SMILES string of the molecule is CCC1CCC(=O)N(Cc2ccc(C#CCN)cc2)CC1. The van der Waals surface area contributed by atoms with Crippen molar-refractivity contribution in [3.63, 3.8) is 0 Å². The molecule has 0 aromatic heterocycles. The first-order valence-electron chi connectivity index (χ1n) is 7.78. The molecule has 1 heterocycles. The second-order valence-electron chi connectivity index (χ2n) is 5.62. The van der Waals surface area contributed by atoms with Crippen molar-refractivity contribution in [2.45, 2.75) is 39.2 Å². The lowest BCUT2D eigenvalue weighted by Gasteiger charge is -2.21. The van der Waals surface area contributed by atoms with Crippen molar-refractivity contribution >= 4 is 5.91 Å². The van der Waals surface area contributed by atoms with Crippen LogP contribution in [0.25, 0.3) is 0 Å². The summed E-state index contributed by atoms with van der Waals surface area (Å²) >= 11 is 0. The van der Waals surface area contributed by atoms with Gasteiger partial charge in [-0.15, -0.1) is 0 Å². The zero-order valence-corrected chi connectivity index (χ0v) is 12.8. The van der Waals surface area contributed by atoms with E-state index in [1.165, 1.54) is 6.42 Å². The summed E-state index contributed by atoms with van der Waals surface area (Å²) in [6, 6.07) is 8.09. The number of carbonyl (C=O) groups excluding carboxylic acids is 1. The lowest BCUT2D eigenvalue weighted by molar-refractivity contribution is -0.131. The van der Waals surface area contributed by atoms with E-state index in [9.17, 15) is 4.79 Å². The summed E-state index contributed by atoms with van der Waals surface area (Å²) in [7, 11) is 0. The van der Waals surface area contributed by atoms with Crippen molar-refractivity contribution in [1.29, 1.82) is 0 Å². The van der Waals surface area contributed by atoms with Gasteiger partial charge in [0.1, 0.15) is 0 Å². The maximum absolute atomic E-state index is 12.2. The third kappa shape index (κ3) is 4.61. The average molecular weight is 284 g/mol. The summed E-state index contributed by atoms with van der Waals surface area (Å²) in [6.07, 6.45) is 4.04. The van der Waals surface area contributed by atoms with Crippen LogP contribution in [0.5, 0.6) is 0 Å². The van der Waals surface area contributed by atoms with Crippen molar-refractivity contribution in [3.05, 3.63) is 35.4 Å². The van der Waals surface area contributed by atoms with E-state index in [1.54, 1.807) is 0 Å². The molecule has 0 aliphatic carbocycles. The molecule has 1 fully saturated rings. The van der Waals surface area contributed by atoms with Crippen LogP contribution in [-0.2, 0) is 11.3 Å². The van der Waals surface area contributed by atoms with E-state index in [1.807, 2.05) is 17.0 Å². The highest BCUT2D eigenvalue weighted by atomic mass is 16.2. The molecule has 1 aromatic rings. The molecule has 112 valence electrons. The van der Waals surface area contributed by atoms with Crippen LogP contribution in [0.1, 0.15) is 43.7 Å². The van der Waals surface area contributed by atoms with Crippen LogP contribution in [0.3, 0.4) is 0 Å². The normalized spacial score (nSPS) is 18.9. The number of hydrogen-bond donors (Lipinski definition) is 1. The fraction of sp³-hybridized carbons (Fsp3) is 0.500. The van der Waals surface area contributed by atoms with Gasteiger partial charge in [0.05, 0.1) is 6.54 Å². The molecule has 0 saturated carbocycles. The van der Waals surface area contributed by atoms with Gasteiger partial charge < -0.3 is 10.6 Å². The number of likely N-dealkylation sites (tertiary alicyclic amines) is 1. The van der Waals surface area contributed by atoms with Gasteiger partial charge in [-0.2, -0.15) is 0 Å². The van der Waals surface area contributed by atoms with Crippen molar-refractivity contribution < 1.29 is 4.79 Å². The maximum Gasteiger partial charge on any atom is 0.222 e. The number of nitrogens with zero attached hydrogens (tertiary/aromatic N) is 1. The van der Waals surface area contributed by atoms with Crippen LogP contribution >= 0.6 is 0 Å². The molecule has 1 atom stereocenters. The zero-order chi connectivity index (χ0) is 15.1. The third-order valence-electron chi connectivity index (χ3n) is 4.17. The molecule has 2 N–H and O–H groups in total. The third-order valence-corrected chi connectivity index (χ3v) is 4.17. The van der Waals surface area contributed by atoms with E-state index in [0.717, 1.165) is 30.5 Å². The topological polar surface area (TPSA) is 46.3 Å². The molecular weight excluding hydrogens is 260 g/mol. The molecule has 3 heteroatoms. The molecule has 2 rings (SSSR count). The van der Waals surface area contributed by atoms with Crippen LogP contribution in [0.2, 0.25) is 0 Å². The van der Waals surface area contributed by atoms with E-state index in [4.69, 9.17) is 5.73 Å². The smallest absolute Gasteiger partial charge is 0.222 e. The number of benzene rings is 1. The van der Waals surface area contributed by atoms with Gasteiger partial charge in [0.25, 0.3) is 0 Å². The predicted molar refractivity (Wildman–Crippen MR) is 85.4 cm³/mol. The van der Waals surface area contributed by atoms with Gasteiger partial charge in [-0.05, 0) is 36.5 Å². The number of rotatable bonds is 3. The van der Waals surface area contributed by atoms with E-state index in [-0.39, 0.29) is 5.91 Å². The Balaban J connectivity index is 1.98. The molecule has 0 radical (unpaired) electrons. The fourth-order valence-corrected chi connectivity index (χ4v) is 2.74. The first-order chi connectivity index (χ1) is 10.2. The van der Waals surface area contributed by atoms with Crippen LogP contribution < -0.4 is 5.73 Å². The summed E-state index contributed by atoms with van der Waals surface area (Å²) in [4.78, 5) is 14.2. The Kier molecular flexibility index (Phi) is 5.83.